The van der Waals surface area contributed by atoms with Gasteiger partial charge in [-0.3, -0.25) is 14.9 Å². The predicted molar refractivity (Wildman–Crippen MR) is 116 cm³/mol. The van der Waals surface area contributed by atoms with Crippen LogP contribution in [0.15, 0.2) is 71.6 Å². The highest BCUT2D eigenvalue weighted by Gasteiger charge is 2.36. The van der Waals surface area contributed by atoms with Gasteiger partial charge in [-0.05, 0) is 47.9 Å². The number of nitrogens with zero attached hydrogens (tertiary/aromatic N) is 1. The van der Waals surface area contributed by atoms with Crippen LogP contribution < -0.4 is 15.0 Å². The van der Waals surface area contributed by atoms with E-state index in [2.05, 4.69) is 5.32 Å². The number of amides is 4. The smallest absolute Gasteiger partial charge is 0.335 e. The number of barbiturate groups is 1. The maximum atomic E-state index is 12.8. The van der Waals surface area contributed by atoms with E-state index in [1.165, 1.54) is 17.4 Å². The van der Waals surface area contributed by atoms with Gasteiger partial charge in [0.2, 0.25) is 0 Å². The number of halogens is 1. The monoisotopic (exact) mass is 438 g/mol. The number of ether oxygens (including phenoxy) is 1. The van der Waals surface area contributed by atoms with Gasteiger partial charge in [-0.1, -0.05) is 35.9 Å². The highest BCUT2D eigenvalue weighted by molar-refractivity contribution is 7.10. The first-order valence-electron chi connectivity index (χ1n) is 8.94. The van der Waals surface area contributed by atoms with E-state index in [1.807, 2.05) is 29.6 Å². The lowest BCUT2D eigenvalue weighted by molar-refractivity contribution is -0.122. The minimum atomic E-state index is -0.793. The molecule has 30 heavy (non-hydrogen) atoms. The van der Waals surface area contributed by atoms with E-state index in [-0.39, 0.29) is 12.2 Å². The number of carbonyl (C=O) groups excluding carboxylic acids is 3. The second-order valence-corrected chi connectivity index (χ2v) is 7.73. The molecule has 150 valence electrons. The Bertz CT molecular complexity index is 1140. The highest BCUT2D eigenvalue weighted by Crippen LogP contribution is 2.26. The van der Waals surface area contributed by atoms with Gasteiger partial charge < -0.3 is 4.74 Å². The fraction of sp³-hybridized carbons (Fsp3) is 0.0455. The number of urea groups is 1. The minimum Gasteiger partial charge on any atom is -0.489 e. The van der Waals surface area contributed by atoms with Crippen LogP contribution in [0, 0.1) is 0 Å². The molecule has 1 aromatic heterocycles. The van der Waals surface area contributed by atoms with Gasteiger partial charge in [0, 0.05) is 15.5 Å². The third-order valence-corrected chi connectivity index (χ3v) is 5.57. The number of rotatable bonds is 5. The lowest BCUT2D eigenvalue weighted by Gasteiger charge is -2.26. The number of imide groups is 2. The number of nitrogens with one attached hydrogen (secondary N) is 1. The van der Waals surface area contributed by atoms with Gasteiger partial charge in [-0.15, -0.1) is 11.3 Å². The zero-order valence-corrected chi connectivity index (χ0v) is 17.1. The fourth-order valence-electron chi connectivity index (χ4n) is 2.88. The van der Waals surface area contributed by atoms with Crippen molar-refractivity contribution in [1.82, 2.24) is 5.32 Å². The molecule has 8 heteroatoms. The maximum Gasteiger partial charge on any atom is 0.335 e. The van der Waals surface area contributed by atoms with Crippen molar-refractivity contribution in [2.24, 2.45) is 0 Å². The average molecular weight is 439 g/mol. The molecule has 3 aromatic rings. The zero-order valence-electron chi connectivity index (χ0n) is 15.5. The summed E-state index contributed by atoms with van der Waals surface area (Å²) in [6.45, 7) is 0.282. The molecule has 1 fully saturated rings. The maximum absolute atomic E-state index is 12.8. The quantitative estimate of drug-likeness (QED) is 0.465. The number of hydrogen-bond acceptors (Lipinski definition) is 5. The van der Waals surface area contributed by atoms with E-state index < -0.39 is 17.8 Å². The van der Waals surface area contributed by atoms with Crippen LogP contribution in [-0.4, -0.2) is 17.8 Å². The molecule has 4 amide bonds. The van der Waals surface area contributed by atoms with Crippen LogP contribution in [0.2, 0.25) is 5.02 Å². The summed E-state index contributed by atoms with van der Waals surface area (Å²) < 4.78 is 5.72. The van der Waals surface area contributed by atoms with Crippen LogP contribution in [0.1, 0.15) is 10.4 Å². The SMILES string of the molecule is O=C1NC(=O)N(c2ccc(OCc3ccccc3Cl)cc2)C(=O)/C1=C/c1cccs1. The third kappa shape index (κ3) is 4.12. The Kier molecular flexibility index (Phi) is 5.65. The Morgan fingerprint density at radius 3 is 2.47 bits per heavy atom. The largest absolute Gasteiger partial charge is 0.489 e. The molecule has 0 spiro atoms. The van der Waals surface area contributed by atoms with Crippen molar-refractivity contribution < 1.29 is 19.1 Å². The van der Waals surface area contributed by atoms with E-state index >= 15 is 0 Å². The van der Waals surface area contributed by atoms with E-state index in [1.54, 1.807) is 36.4 Å². The summed E-state index contributed by atoms with van der Waals surface area (Å²) in [5, 5.41) is 4.65. The molecule has 0 saturated carbocycles. The van der Waals surface area contributed by atoms with E-state index in [4.69, 9.17) is 16.3 Å². The number of thiophene rings is 1. The average Bonchev–Trinajstić information content (AvgIpc) is 3.25. The normalized spacial score (nSPS) is 15.4. The van der Waals surface area contributed by atoms with Crippen molar-refractivity contribution in [3.05, 3.63) is 87.1 Å². The molecule has 0 bridgehead atoms. The first kappa shape index (κ1) is 19.9. The lowest BCUT2D eigenvalue weighted by atomic mass is 10.1. The topological polar surface area (TPSA) is 75.7 Å². The van der Waals surface area contributed by atoms with Crippen molar-refractivity contribution >= 4 is 52.5 Å². The van der Waals surface area contributed by atoms with Crippen molar-refractivity contribution in [2.75, 3.05) is 4.90 Å². The molecule has 2 heterocycles. The van der Waals surface area contributed by atoms with Crippen molar-refractivity contribution in [3.63, 3.8) is 0 Å². The van der Waals surface area contributed by atoms with Gasteiger partial charge in [0.05, 0.1) is 5.69 Å². The molecule has 2 aromatic carbocycles. The Morgan fingerprint density at radius 2 is 1.77 bits per heavy atom. The molecule has 0 unspecified atom stereocenters. The van der Waals surface area contributed by atoms with Crippen molar-refractivity contribution in [3.8, 4) is 5.75 Å². The third-order valence-electron chi connectivity index (χ3n) is 4.38. The summed E-state index contributed by atoms with van der Waals surface area (Å²) >= 11 is 7.51. The van der Waals surface area contributed by atoms with E-state index in [9.17, 15) is 14.4 Å². The molecule has 1 saturated heterocycles. The second kappa shape index (κ2) is 8.52. The summed E-state index contributed by atoms with van der Waals surface area (Å²) in [6, 6.07) is 16.6. The van der Waals surface area contributed by atoms with Gasteiger partial charge in [0.25, 0.3) is 11.8 Å². The summed E-state index contributed by atoms with van der Waals surface area (Å²) in [5.41, 5.74) is 1.07. The second-order valence-electron chi connectivity index (χ2n) is 6.35. The van der Waals surface area contributed by atoms with Crippen molar-refractivity contribution in [2.45, 2.75) is 6.61 Å². The fourth-order valence-corrected chi connectivity index (χ4v) is 3.72. The van der Waals surface area contributed by atoms with Crippen molar-refractivity contribution in [1.29, 1.82) is 0 Å². The van der Waals surface area contributed by atoms with Gasteiger partial charge in [0.15, 0.2) is 0 Å². The summed E-state index contributed by atoms with van der Waals surface area (Å²) in [5.74, 6) is -0.842. The van der Waals surface area contributed by atoms with Crippen LogP contribution in [0.4, 0.5) is 10.5 Å². The molecule has 0 atom stereocenters. The Balaban J connectivity index is 1.52. The summed E-state index contributed by atoms with van der Waals surface area (Å²) in [7, 11) is 0. The first-order valence-corrected chi connectivity index (χ1v) is 10.2. The van der Waals surface area contributed by atoms with E-state index in [0.717, 1.165) is 15.3 Å². The molecule has 1 N–H and O–H groups in total. The molecule has 0 radical (unpaired) electrons. The van der Waals surface area contributed by atoms with Gasteiger partial charge in [-0.2, -0.15) is 0 Å². The minimum absolute atomic E-state index is 0.101. The lowest BCUT2D eigenvalue weighted by Crippen LogP contribution is -2.54. The molecular formula is C22H15ClN2O4S. The highest BCUT2D eigenvalue weighted by atomic mass is 35.5. The number of benzene rings is 2. The number of anilines is 1. The Morgan fingerprint density at radius 1 is 1.00 bits per heavy atom. The first-order chi connectivity index (χ1) is 14.5. The van der Waals surface area contributed by atoms with Gasteiger partial charge in [0.1, 0.15) is 17.9 Å². The van der Waals surface area contributed by atoms with Crippen LogP contribution in [-0.2, 0) is 16.2 Å². The van der Waals surface area contributed by atoms with Crippen LogP contribution in [0.25, 0.3) is 6.08 Å². The molecule has 0 aliphatic carbocycles. The van der Waals surface area contributed by atoms with Gasteiger partial charge in [-0.25, -0.2) is 9.69 Å². The predicted octanol–water partition coefficient (Wildman–Crippen LogP) is 4.65. The van der Waals surface area contributed by atoms with E-state index in [0.29, 0.717) is 16.5 Å². The number of carbonyl (C=O) groups is 3. The van der Waals surface area contributed by atoms with Crippen LogP contribution >= 0.6 is 22.9 Å². The van der Waals surface area contributed by atoms with Gasteiger partial charge >= 0.3 is 6.03 Å². The molecule has 6 nitrogen and oxygen atoms in total. The van der Waals surface area contributed by atoms with Crippen LogP contribution in [0.3, 0.4) is 0 Å². The zero-order chi connectivity index (χ0) is 21.1. The standard InChI is InChI=1S/C22H15ClN2O4S/c23-19-6-2-1-4-14(19)13-29-16-9-7-15(8-10-16)25-21(27)18(20(26)24-22(25)28)12-17-5-3-11-30-17/h1-12H,13H2,(H,24,26,28)/b18-12+. The molecular weight excluding hydrogens is 424 g/mol. The number of hydrogen-bond donors (Lipinski definition) is 1. The summed E-state index contributed by atoms with van der Waals surface area (Å²) in [6.07, 6.45) is 1.48. The molecule has 4 rings (SSSR count). The Hall–Kier alpha value is -3.42. The summed E-state index contributed by atoms with van der Waals surface area (Å²) in [4.78, 5) is 39.0. The molecule has 1 aliphatic rings. The Labute approximate surface area is 181 Å². The van der Waals surface area contributed by atoms with Crippen LogP contribution in [0.5, 0.6) is 5.75 Å². The molecule has 1 aliphatic heterocycles.